The molecule has 1 heterocycles. The van der Waals surface area contributed by atoms with Gasteiger partial charge in [-0.2, -0.15) is 0 Å². The molecule has 0 saturated carbocycles. The van der Waals surface area contributed by atoms with Crippen molar-refractivity contribution in [3.05, 3.63) is 11.8 Å². The van der Waals surface area contributed by atoms with E-state index in [9.17, 15) is 4.79 Å². The first-order valence-corrected chi connectivity index (χ1v) is 5.33. The summed E-state index contributed by atoms with van der Waals surface area (Å²) in [6.45, 7) is 5.49. The van der Waals surface area contributed by atoms with E-state index in [0.717, 1.165) is 12.8 Å². The van der Waals surface area contributed by atoms with Crippen LogP contribution in [0.5, 0.6) is 0 Å². The molecule has 0 aliphatic carbocycles. The number of rotatable bonds is 5. The summed E-state index contributed by atoms with van der Waals surface area (Å²) in [6, 6.07) is 0. The second-order valence-corrected chi connectivity index (χ2v) is 3.49. The summed E-state index contributed by atoms with van der Waals surface area (Å²) in [7, 11) is 0. The molecular formula is C11H18O4. The van der Waals surface area contributed by atoms with Gasteiger partial charge in [0.25, 0.3) is 0 Å². The van der Waals surface area contributed by atoms with E-state index < -0.39 is 0 Å². The summed E-state index contributed by atoms with van der Waals surface area (Å²) in [5, 5.41) is 0. The molecule has 0 spiro atoms. The maximum atomic E-state index is 11.5. The Balaban J connectivity index is 2.30. The number of hydrogen-bond acceptors (Lipinski definition) is 4. The molecule has 86 valence electrons. The fourth-order valence-corrected chi connectivity index (χ4v) is 1.29. The Kier molecular flexibility index (Phi) is 5.18. The molecule has 0 amide bonds. The lowest BCUT2D eigenvalue weighted by Gasteiger charge is -2.16. The highest BCUT2D eigenvalue weighted by molar-refractivity contribution is 5.88. The minimum absolute atomic E-state index is 0.208. The van der Waals surface area contributed by atoms with Gasteiger partial charge >= 0.3 is 5.97 Å². The largest absolute Gasteiger partial charge is 0.501 e. The normalized spacial score (nSPS) is 17.6. The minimum Gasteiger partial charge on any atom is -0.501 e. The first-order valence-electron chi connectivity index (χ1n) is 5.33. The van der Waals surface area contributed by atoms with Crippen molar-refractivity contribution in [3.63, 3.8) is 0 Å². The Morgan fingerprint density at radius 1 is 1.67 bits per heavy atom. The van der Waals surface area contributed by atoms with Gasteiger partial charge in [0.1, 0.15) is 6.10 Å². The highest BCUT2D eigenvalue weighted by Gasteiger charge is 2.17. The van der Waals surface area contributed by atoms with Crippen molar-refractivity contribution in [2.24, 2.45) is 0 Å². The first-order chi connectivity index (χ1) is 7.24. The number of ether oxygens (including phenoxy) is 3. The third-order valence-electron chi connectivity index (χ3n) is 2.06. The van der Waals surface area contributed by atoms with Crippen molar-refractivity contribution < 1.29 is 19.0 Å². The van der Waals surface area contributed by atoms with E-state index in [1.54, 1.807) is 0 Å². The van der Waals surface area contributed by atoms with E-state index in [2.05, 4.69) is 0 Å². The van der Waals surface area contributed by atoms with Crippen molar-refractivity contribution in [1.29, 1.82) is 0 Å². The van der Waals surface area contributed by atoms with Gasteiger partial charge in [0.05, 0.1) is 25.0 Å². The van der Waals surface area contributed by atoms with Crippen LogP contribution in [-0.4, -0.2) is 31.9 Å². The monoisotopic (exact) mass is 214 g/mol. The van der Waals surface area contributed by atoms with Gasteiger partial charge in [0.2, 0.25) is 0 Å². The van der Waals surface area contributed by atoms with E-state index in [1.165, 1.54) is 6.26 Å². The lowest BCUT2D eigenvalue weighted by atomic mass is 10.1. The maximum absolute atomic E-state index is 11.5. The van der Waals surface area contributed by atoms with E-state index in [1.807, 2.05) is 13.8 Å². The molecule has 1 atom stereocenters. The predicted octanol–water partition coefficient (Wildman–Crippen LogP) is 1.65. The fraction of sp³-hybridized carbons (Fsp3) is 0.727. The molecule has 4 nitrogen and oxygen atoms in total. The summed E-state index contributed by atoms with van der Waals surface area (Å²) in [6.07, 6.45) is 2.90. The molecule has 1 aliphatic heterocycles. The Labute approximate surface area is 90.2 Å². The van der Waals surface area contributed by atoms with E-state index in [0.29, 0.717) is 25.4 Å². The first kappa shape index (κ1) is 12.0. The molecule has 0 bridgehead atoms. The summed E-state index contributed by atoms with van der Waals surface area (Å²) < 4.78 is 15.4. The standard InChI is InChI=1S/C11H18O4/c1-3-13-7-9(2)15-11(12)10-5-4-6-14-8-10/h8-9H,3-7H2,1-2H3/t9-/m1/s1. The SMILES string of the molecule is CCOC[C@@H](C)OC(=O)C1=COCCC1. The molecule has 0 radical (unpaired) electrons. The molecule has 0 fully saturated rings. The average molecular weight is 214 g/mol. The highest BCUT2D eigenvalue weighted by Crippen LogP contribution is 2.14. The molecule has 0 aromatic carbocycles. The Morgan fingerprint density at radius 2 is 2.47 bits per heavy atom. The topological polar surface area (TPSA) is 44.8 Å². The molecule has 1 aliphatic rings. The summed E-state index contributed by atoms with van der Waals surface area (Å²) in [4.78, 5) is 11.5. The van der Waals surface area contributed by atoms with Crippen molar-refractivity contribution in [3.8, 4) is 0 Å². The van der Waals surface area contributed by atoms with Gasteiger partial charge in [-0.1, -0.05) is 0 Å². The number of carbonyl (C=O) groups excluding carboxylic acids is 1. The lowest BCUT2D eigenvalue weighted by molar-refractivity contribution is -0.146. The van der Waals surface area contributed by atoms with Crippen LogP contribution in [0.15, 0.2) is 11.8 Å². The van der Waals surface area contributed by atoms with E-state index in [-0.39, 0.29) is 12.1 Å². The van der Waals surface area contributed by atoms with Crippen LogP contribution < -0.4 is 0 Å². The van der Waals surface area contributed by atoms with Crippen LogP contribution >= 0.6 is 0 Å². The molecule has 0 unspecified atom stereocenters. The van der Waals surface area contributed by atoms with Crippen molar-refractivity contribution >= 4 is 5.97 Å². The van der Waals surface area contributed by atoms with Gasteiger partial charge in [0.15, 0.2) is 0 Å². The van der Waals surface area contributed by atoms with Gasteiger partial charge < -0.3 is 14.2 Å². The van der Waals surface area contributed by atoms with Crippen LogP contribution in [0.2, 0.25) is 0 Å². The molecule has 0 aromatic rings. The molecule has 0 aromatic heterocycles. The van der Waals surface area contributed by atoms with Gasteiger partial charge in [-0.05, 0) is 26.7 Å². The predicted molar refractivity (Wildman–Crippen MR) is 55.3 cm³/mol. The molecule has 0 saturated heterocycles. The Bertz CT molecular complexity index is 235. The van der Waals surface area contributed by atoms with Crippen molar-refractivity contribution in [1.82, 2.24) is 0 Å². The molecule has 1 rings (SSSR count). The van der Waals surface area contributed by atoms with Gasteiger partial charge in [-0.25, -0.2) is 4.79 Å². The zero-order valence-corrected chi connectivity index (χ0v) is 9.32. The molecule has 15 heavy (non-hydrogen) atoms. The Morgan fingerprint density at radius 3 is 3.07 bits per heavy atom. The summed E-state index contributed by atoms with van der Waals surface area (Å²) in [5.41, 5.74) is 0.615. The van der Waals surface area contributed by atoms with Crippen LogP contribution in [0, 0.1) is 0 Å². The zero-order valence-electron chi connectivity index (χ0n) is 9.32. The van der Waals surface area contributed by atoms with Gasteiger partial charge in [0, 0.05) is 6.61 Å². The lowest BCUT2D eigenvalue weighted by Crippen LogP contribution is -2.22. The summed E-state index contributed by atoms with van der Waals surface area (Å²) in [5.74, 6) is -0.290. The fourth-order valence-electron chi connectivity index (χ4n) is 1.29. The van der Waals surface area contributed by atoms with Crippen LogP contribution in [0.25, 0.3) is 0 Å². The smallest absolute Gasteiger partial charge is 0.337 e. The molecule has 0 N–H and O–H groups in total. The van der Waals surface area contributed by atoms with Crippen molar-refractivity contribution in [2.75, 3.05) is 19.8 Å². The Hall–Kier alpha value is -1.03. The zero-order chi connectivity index (χ0) is 11.1. The van der Waals surface area contributed by atoms with Crippen LogP contribution in [0.1, 0.15) is 26.7 Å². The third kappa shape index (κ3) is 4.34. The van der Waals surface area contributed by atoms with Crippen molar-refractivity contribution in [2.45, 2.75) is 32.8 Å². The molecule has 4 heteroatoms. The summed E-state index contributed by atoms with van der Waals surface area (Å²) >= 11 is 0. The minimum atomic E-state index is -0.290. The van der Waals surface area contributed by atoms with Crippen LogP contribution in [-0.2, 0) is 19.0 Å². The van der Waals surface area contributed by atoms with Gasteiger partial charge in [-0.15, -0.1) is 0 Å². The van der Waals surface area contributed by atoms with E-state index in [4.69, 9.17) is 14.2 Å². The van der Waals surface area contributed by atoms with Crippen LogP contribution in [0.3, 0.4) is 0 Å². The van der Waals surface area contributed by atoms with Crippen LogP contribution in [0.4, 0.5) is 0 Å². The average Bonchev–Trinajstić information content (AvgIpc) is 2.27. The second kappa shape index (κ2) is 6.45. The van der Waals surface area contributed by atoms with E-state index >= 15 is 0 Å². The highest BCUT2D eigenvalue weighted by atomic mass is 16.6. The number of hydrogen-bond donors (Lipinski definition) is 0. The maximum Gasteiger partial charge on any atom is 0.337 e. The quantitative estimate of drug-likeness (QED) is 0.653. The number of carbonyl (C=O) groups is 1. The molecular weight excluding hydrogens is 196 g/mol. The van der Waals surface area contributed by atoms with Gasteiger partial charge in [-0.3, -0.25) is 0 Å². The number of esters is 1. The second-order valence-electron chi connectivity index (χ2n) is 3.49. The third-order valence-corrected chi connectivity index (χ3v) is 2.06.